The van der Waals surface area contributed by atoms with Crippen molar-refractivity contribution in [3.8, 4) is 0 Å². The van der Waals surface area contributed by atoms with E-state index in [0.29, 0.717) is 23.6 Å². The fraction of sp³-hybridized carbons (Fsp3) is 0.900. The standard InChI is InChI=1S/C20H35BrO2/c1-7-18(5,22)12-13-20(23)14(2)8-9-15-17(3,4)16(21)10-11-19(15,20)6/h7,14-16,22-23H,1,8-13H2,2-6H3/t14-,15+,16+,18+,19+,20-/m1/s1. The van der Waals surface area contributed by atoms with Crippen molar-refractivity contribution in [1.82, 2.24) is 0 Å². The summed E-state index contributed by atoms with van der Waals surface area (Å²) in [5.74, 6) is 0.773. The molecular formula is C20H35BrO2. The number of rotatable bonds is 4. The molecule has 2 saturated carbocycles. The van der Waals surface area contributed by atoms with Crippen LogP contribution in [0.25, 0.3) is 0 Å². The van der Waals surface area contributed by atoms with Crippen molar-refractivity contribution in [1.29, 1.82) is 0 Å². The first-order chi connectivity index (χ1) is 10.4. The zero-order chi connectivity index (χ0) is 17.7. The topological polar surface area (TPSA) is 40.5 Å². The van der Waals surface area contributed by atoms with E-state index in [1.54, 1.807) is 13.0 Å². The van der Waals surface area contributed by atoms with Crippen LogP contribution >= 0.6 is 15.9 Å². The van der Waals surface area contributed by atoms with Gasteiger partial charge in [0.2, 0.25) is 0 Å². The Labute approximate surface area is 150 Å². The second-order valence-corrected chi connectivity index (χ2v) is 10.4. The second-order valence-electron chi connectivity index (χ2n) is 9.26. The molecule has 0 amide bonds. The molecule has 2 aliphatic carbocycles. The van der Waals surface area contributed by atoms with E-state index < -0.39 is 11.2 Å². The molecule has 2 fully saturated rings. The van der Waals surface area contributed by atoms with Crippen molar-refractivity contribution in [3.05, 3.63) is 12.7 Å². The lowest BCUT2D eigenvalue weighted by molar-refractivity contribution is -0.213. The van der Waals surface area contributed by atoms with Crippen LogP contribution in [0.4, 0.5) is 0 Å². The molecule has 23 heavy (non-hydrogen) atoms. The van der Waals surface area contributed by atoms with Crippen LogP contribution < -0.4 is 0 Å². The zero-order valence-corrected chi connectivity index (χ0v) is 17.1. The molecule has 2 nitrogen and oxygen atoms in total. The van der Waals surface area contributed by atoms with Crippen molar-refractivity contribution in [3.63, 3.8) is 0 Å². The molecule has 134 valence electrons. The van der Waals surface area contributed by atoms with Gasteiger partial charge in [-0.1, -0.05) is 49.7 Å². The van der Waals surface area contributed by atoms with E-state index in [2.05, 4.69) is 50.2 Å². The van der Waals surface area contributed by atoms with Crippen LogP contribution in [0.5, 0.6) is 0 Å². The summed E-state index contributed by atoms with van der Waals surface area (Å²) in [7, 11) is 0. The van der Waals surface area contributed by atoms with E-state index in [1.807, 2.05) is 0 Å². The smallest absolute Gasteiger partial charge is 0.0798 e. The normalized spacial score (nSPS) is 45.8. The molecule has 0 radical (unpaired) electrons. The Hall–Kier alpha value is 0.140. The molecule has 0 saturated heterocycles. The monoisotopic (exact) mass is 386 g/mol. The molecule has 6 atom stereocenters. The van der Waals surface area contributed by atoms with Gasteiger partial charge in [0.05, 0.1) is 11.2 Å². The third-order valence-electron chi connectivity index (χ3n) is 7.54. The van der Waals surface area contributed by atoms with Gasteiger partial charge < -0.3 is 10.2 Å². The van der Waals surface area contributed by atoms with E-state index in [0.717, 1.165) is 19.3 Å². The molecule has 2 N–H and O–H groups in total. The molecular weight excluding hydrogens is 352 g/mol. The second kappa shape index (κ2) is 6.14. The molecule has 0 aromatic heterocycles. The zero-order valence-electron chi connectivity index (χ0n) is 15.5. The summed E-state index contributed by atoms with van der Waals surface area (Å²) in [5.41, 5.74) is -1.52. The van der Waals surface area contributed by atoms with Crippen LogP contribution in [0.3, 0.4) is 0 Å². The molecule has 0 aliphatic heterocycles. The third kappa shape index (κ3) is 3.06. The van der Waals surface area contributed by atoms with Crippen molar-refractivity contribution in [2.45, 2.75) is 89.2 Å². The minimum atomic E-state index is -0.902. The van der Waals surface area contributed by atoms with Crippen LogP contribution in [0.2, 0.25) is 0 Å². The molecule has 0 heterocycles. The number of halogens is 1. The highest BCUT2D eigenvalue weighted by Crippen LogP contribution is 2.64. The van der Waals surface area contributed by atoms with Crippen molar-refractivity contribution in [2.75, 3.05) is 0 Å². The maximum absolute atomic E-state index is 11.8. The van der Waals surface area contributed by atoms with E-state index in [4.69, 9.17) is 0 Å². The van der Waals surface area contributed by atoms with Gasteiger partial charge >= 0.3 is 0 Å². The van der Waals surface area contributed by atoms with Crippen LogP contribution in [-0.4, -0.2) is 26.2 Å². The first-order valence-electron chi connectivity index (χ1n) is 9.13. The SMILES string of the molecule is C=C[C@](C)(O)CC[C@@]1(O)[C@H](C)CC[C@H]2C(C)(C)[C@@H](Br)CC[C@@]21C. The molecule has 0 bridgehead atoms. The molecule has 2 aliphatic rings. The Bertz CT molecular complexity index is 459. The number of hydrogen-bond donors (Lipinski definition) is 2. The molecule has 0 spiro atoms. The first kappa shape index (κ1) is 19.5. The summed E-state index contributed by atoms with van der Waals surface area (Å²) in [5, 5.41) is 22.2. The van der Waals surface area contributed by atoms with Gasteiger partial charge in [-0.3, -0.25) is 0 Å². The summed E-state index contributed by atoms with van der Waals surface area (Å²) >= 11 is 3.90. The van der Waals surface area contributed by atoms with Gasteiger partial charge in [-0.15, -0.1) is 6.58 Å². The minimum Gasteiger partial charge on any atom is -0.389 e. The van der Waals surface area contributed by atoms with E-state index in [-0.39, 0.29) is 16.7 Å². The highest BCUT2D eigenvalue weighted by molar-refractivity contribution is 9.09. The van der Waals surface area contributed by atoms with Gasteiger partial charge in [0, 0.05) is 4.83 Å². The fourth-order valence-corrected chi connectivity index (χ4v) is 6.06. The Morgan fingerprint density at radius 3 is 2.43 bits per heavy atom. The summed E-state index contributed by atoms with van der Waals surface area (Å²) in [4.78, 5) is 0.516. The summed E-state index contributed by atoms with van der Waals surface area (Å²) in [6, 6.07) is 0. The van der Waals surface area contributed by atoms with Crippen molar-refractivity contribution in [2.24, 2.45) is 22.7 Å². The number of aliphatic hydroxyl groups is 2. The first-order valence-corrected chi connectivity index (χ1v) is 10.0. The Balaban J connectivity index is 2.35. The predicted octanol–water partition coefficient (Wildman–Crippen LogP) is 5.07. The summed E-state index contributed by atoms with van der Waals surface area (Å²) < 4.78 is 0. The third-order valence-corrected chi connectivity index (χ3v) is 9.17. The fourth-order valence-electron chi connectivity index (χ4n) is 5.52. The predicted molar refractivity (Wildman–Crippen MR) is 101 cm³/mol. The van der Waals surface area contributed by atoms with E-state index in [1.165, 1.54) is 6.42 Å². The van der Waals surface area contributed by atoms with Crippen LogP contribution in [0.1, 0.15) is 73.1 Å². The van der Waals surface area contributed by atoms with Crippen LogP contribution in [0.15, 0.2) is 12.7 Å². The lowest BCUT2D eigenvalue weighted by Gasteiger charge is -2.64. The van der Waals surface area contributed by atoms with Crippen LogP contribution in [0, 0.1) is 22.7 Å². The number of fused-ring (bicyclic) bond motifs is 1. The van der Waals surface area contributed by atoms with E-state index >= 15 is 0 Å². The maximum Gasteiger partial charge on any atom is 0.0798 e. The van der Waals surface area contributed by atoms with E-state index in [9.17, 15) is 10.2 Å². The van der Waals surface area contributed by atoms with Crippen molar-refractivity contribution >= 4 is 15.9 Å². The maximum atomic E-state index is 11.8. The lowest BCUT2D eigenvalue weighted by atomic mass is 9.44. The number of alkyl halides is 1. The molecule has 0 unspecified atom stereocenters. The highest BCUT2D eigenvalue weighted by Gasteiger charge is 2.62. The molecule has 0 aromatic rings. The Morgan fingerprint density at radius 2 is 1.87 bits per heavy atom. The Kier molecular flexibility index (Phi) is 5.20. The van der Waals surface area contributed by atoms with Gasteiger partial charge in [-0.2, -0.15) is 0 Å². The summed E-state index contributed by atoms with van der Waals surface area (Å²) in [6.45, 7) is 14.7. The van der Waals surface area contributed by atoms with Gasteiger partial charge in [-0.05, 0) is 68.1 Å². The van der Waals surface area contributed by atoms with Gasteiger partial charge in [0.1, 0.15) is 0 Å². The van der Waals surface area contributed by atoms with Gasteiger partial charge in [0.15, 0.2) is 0 Å². The van der Waals surface area contributed by atoms with Gasteiger partial charge in [-0.25, -0.2) is 0 Å². The van der Waals surface area contributed by atoms with Crippen molar-refractivity contribution < 1.29 is 10.2 Å². The van der Waals surface area contributed by atoms with Crippen LogP contribution in [-0.2, 0) is 0 Å². The molecule has 2 rings (SSSR count). The quantitative estimate of drug-likeness (QED) is 0.522. The lowest BCUT2D eigenvalue weighted by Crippen LogP contribution is -2.64. The Morgan fingerprint density at radius 1 is 1.26 bits per heavy atom. The summed E-state index contributed by atoms with van der Waals surface area (Å²) in [6.07, 6.45) is 7.22. The van der Waals surface area contributed by atoms with Gasteiger partial charge in [0.25, 0.3) is 0 Å². The average Bonchev–Trinajstić information content (AvgIpc) is 2.47. The molecule has 0 aromatic carbocycles. The highest BCUT2D eigenvalue weighted by atomic mass is 79.9. The average molecular weight is 387 g/mol. The largest absolute Gasteiger partial charge is 0.389 e. The number of hydrogen-bond acceptors (Lipinski definition) is 2. The molecule has 3 heteroatoms. The minimum absolute atomic E-state index is 0.0876.